The molecule has 0 aliphatic carbocycles. The molecule has 1 N–H and O–H groups in total. The van der Waals surface area contributed by atoms with Crippen molar-refractivity contribution in [2.75, 3.05) is 13.2 Å². The largest absolute Gasteiger partial charge is 0.381 e. The quantitative estimate of drug-likeness (QED) is 0.839. The summed E-state index contributed by atoms with van der Waals surface area (Å²) >= 11 is 0. The van der Waals surface area contributed by atoms with Crippen molar-refractivity contribution >= 4 is 0 Å². The summed E-state index contributed by atoms with van der Waals surface area (Å²) in [5, 5.41) is 8.03. The summed E-state index contributed by atoms with van der Waals surface area (Å²) in [5.41, 5.74) is 3.74. The maximum Gasteiger partial charge on any atom is 0.0641 e. The number of aryl methyl sites for hydroxylation is 2. The highest BCUT2D eigenvalue weighted by Gasteiger charge is 2.15. The van der Waals surface area contributed by atoms with Gasteiger partial charge in [0.1, 0.15) is 0 Å². The van der Waals surface area contributed by atoms with Crippen LogP contribution in [0.3, 0.4) is 0 Å². The molecule has 0 amide bonds. The van der Waals surface area contributed by atoms with Crippen LogP contribution in [-0.2, 0) is 18.3 Å². The normalized spacial score (nSPS) is 17.9. The lowest BCUT2D eigenvalue weighted by atomic mass is 10.1. The second-order valence-corrected chi connectivity index (χ2v) is 4.54. The number of rotatable bonds is 3. The van der Waals surface area contributed by atoms with Gasteiger partial charge >= 0.3 is 0 Å². The highest BCUT2D eigenvalue weighted by Crippen LogP contribution is 2.13. The maximum absolute atomic E-state index is 5.35. The van der Waals surface area contributed by atoms with Gasteiger partial charge in [-0.15, -0.1) is 0 Å². The fourth-order valence-electron chi connectivity index (χ4n) is 2.22. The molecule has 1 aromatic heterocycles. The van der Waals surface area contributed by atoms with E-state index in [0.717, 1.165) is 38.3 Å². The van der Waals surface area contributed by atoms with Crippen molar-refractivity contribution in [3.05, 3.63) is 17.0 Å². The van der Waals surface area contributed by atoms with E-state index in [4.69, 9.17) is 4.74 Å². The molecule has 1 fully saturated rings. The minimum atomic E-state index is 0.604. The van der Waals surface area contributed by atoms with Crippen LogP contribution in [0.1, 0.15) is 29.8 Å². The number of ether oxygens (including phenoxy) is 1. The number of nitrogens with zero attached hydrogens (tertiary/aromatic N) is 2. The Morgan fingerprint density at radius 1 is 1.38 bits per heavy atom. The molecular formula is C12H21N3O. The lowest BCUT2D eigenvalue weighted by molar-refractivity contribution is 0.0776. The summed E-state index contributed by atoms with van der Waals surface area (Å²) in [6.07, 6.45) is 2.25. The van der Waals surface area contributed by atoms with Crippen LogP contribution in [-0.4, -0.2) is 29.0 Å². The van der Waals surface area contributed by atoms with Gasteiger partial charge in [0.15, 0.2) is 0 Å². The van der Waals surface area contributed by atoms with Crippen LogP contribution in [0.2, 0.25) is 0 Å². The van der Waals surface area contributed by atoms with Gasteiger partial charge in [0, 0.05) is 44.1 Å². The predicted octanol–water partition coefficient (Wildman–Crippen LogP) is 1.31. The zero-order valence-corrected chi connectivity index (χ0v) is 10.4. The maximum atomic E-state index is 5.35. The molecule has 0 saturated carbocycles. The first kappa shape index (κ1) is 11.6. The molecule has 0 radical (unpaired) electrons. The third-order valence-corrected chi connectivity index (χ3v) is 3.45. The monoisotopic (exact) mass is 223 g/mol. The topological polar surface area (TPSA) is 39.1 Å². The Kier molecular flexibility index (Phi) is 3.61. The molecule has 4 heteroatoms. The van der Waals surface area contributed by atoms with Crippen LogP contribution < -0.4 is 5.32 Å². The number of hydrogen-bond acceptors (Lipinski definition) is 3. The summed E-state index contributed by atoms with van der Waals surface area (Å²) in [6.45, 7) is 6.91. The Labute approximate surface area is 97.0 Å². The standard InChI is InChI=1S/C12H21N3O/c1-9-12(10(2)15(3)14-9)8-13-11-4-6-16-7-5-11/h11,13H,4-8H2,1-3H3. The van der Waals surface area contributed by atoms with E-state index >= 15 is 0 Å². The van der Waals surface area contributed by atoms with Gasteiger partial charge < -0.3 is 10.1 Å². The summed E-state index contributed by atoms with van der Waals surface area (Å²) in [7, 11) is 2.00. The summed E-state index contributed by atoms with van der Waals surface area (Å²) in [4.78, 5) is 0. The Morgan fingerprint density at radius 2 is 2.06 bits per heavy atom. The van der Waals surface area contributed by atoms with Crippen LogP contribution in [0.15, 0.2) is 0 Å². The molecule has 1 aliphatic heterocycles. The van der Waals surface area contributed by atoms with Gasteiger partial charge in [-0.1, -0.05) is 0 Å². The van der Waals surface area contributed by atoms with E-state index in [0.29, 0.717) is 6.04 Å². The van der Waals surface area contributed by atoms with E-state index in [1.54, 1.807) is 0 Å². The van der Waals surface area contributed by atoms with Gasteiger partial charge in [-0.25, -0.2) is 0 Å². The third kappa shape index (κ3) is 2.44. The fraction of sp³-hybridized carbons (Fsp3) is 0.750. The van der Waals surface area contributed by atoms with Gasteiger partial charge in [0.05, 0.1) is 5.69 Å². The molecule has 4 nitrogen and oxygen atoms in total. The molecule has 16 heavy (non-hydrogen) atoms. The van der Waals surface area contributed by atoms with Gasteiger partial charge in [-0.3, -0.25) is 4.68 Å². The Hall–Kier alpha value is -0.870. The Morgan fingerprint density at radius 3 is 2.62 bits per heavy atom. The van der Waals surface area contributed by atoms with Gasteiger partial charge in [0.25, 0.3) is 0 Å². The third-order valence-electron chi connectivity index (χ3n) is 3.45. The lowest BCUT2D eigenvalue weighted by Crippen LogP contribution is -2.34. The fourth-order valence-corrected chi connectivity index (χ4v) is 2.22. The van der Waals surface area contributed by atoms with E-state index in [1.807, 2.05) is 11.7 Å². The van der Waals surface area contributed by atoms with Gasteiger partial charge in [-0.2, -0.15) is 5.10 Å². The zero-order valence-electron chi connectivity index (χ0n) is 10.4. The summed E-state index contributed by atoms with van der Waals surface area (Å²) in [6, 6.07) is 0.604. The first-order valence-electron chi connectivity index (χ1n) is 5.98. The van der Waals surface area contributed by atoms with Crippen LogP contribution in [0.25, 0.3) is 0 Å². The molecule has 90 valence electrons. The molecule has 0 bridgehead atoms. The molecule has 0 unspecified atom stereocenters. The van der Waals surface area contributed by atoms with Crippen molar-refractivity contribution in [2.24, 2.45) is 7.05 Å². The SMILES string of the molecule is Cc1nn(C)c(C)c1CNC1CCOCC1. The number of hydrogen-bond donors (Lipinski definition) is 1. The van der Waals surface area contributed by atoms with Crippen molar-refractivity contribution in [1.82, 2.24) is 15.1 Å². The Bertz CT molecular complexity index is 353. The van der Waals surface area contributed by atoms with E-state index in [1.165, 1.54) is 11.3 Å². The molecule has 2 rings (SSSR count). The average molecular weight is 223 g/mol. The molecular weight excluding hydrogens is 202 g/mol. The Balaban J connectivity index is 1.93. The zero-order chi connectivity index (χ0) is 11.5. The van der Waals surface area contributed by atoms with E-state index in [-0.39, 0.29) is 0 Å². The first-order valence-corrected chi connectivity index (χ1v) is 5.98. The van der Waals surface area contributed by atoms with Crippen molar-refractivity contribution in [3.8, 4) is 0 Å². The molecule has 1 aliphatic rings. The summed E-state index contributed by atoms with van der Waals surface area (Å²) in [5.74, 6) is 0. The lowest BCUT2D eigenvalue weighted by Gasteiger charge is -2.23. The van der Waals surface area contributed by atoms with E-state index < -0.39 is 0 Å². The van der Waals surface area contributed by atoms with Crippen LogP contribution in [0.5, 0.6) is 0 Å². The molecule has 0 spiro atoms. The highest BCUT2D eigenvalue weighted by molar-refractivity contribution is 5.24. The average Bonchev–Trinajstić information content (AvgIpc) is 2.53. The van der Waals surface area contributed by atoms with Crippen molar-refractivity contribution < 1.29 is 4.74 Å². The van der Waals surface area contributed by atoms with Gasteiger partial charge in [-0.05, 0) is 26.7 Å². The van der Waals surface area contributed by atoms with E-state index in [9.17, 15) is 0 Å². The predicted molar refractivity (Wildman–Crippen MR) is 63.4 cm³/mol. The van der Waals surface area contributed by atoms with Gasteiger partial charge in [0.2, 0.25) is 0 Å². The van der Waals surface area contributed by atoms with Crippen molar-refractivity contribution in [1.29, 1.82) is 0 Å². The van der Waals surface area contributed by atoms with E-state index in [2.05, 4.69) is 24.3 Å². The first-order chi connectivity index (χ1) is 7.68. The second kappa shape index (κ2) is 4.97. The molecule has 1 aromatic rings. The van der Waals surface area contributed by atoms with Crippen LogP contribution in [0.4, 0.5) is 0 Å². The van der Waals surface area contributed by atoms with Crippen molar-refractivity contribution in [2.45, 2.75) is 39.3 Å². The summed E-state index contributed by atoms with van der Waals surface area (Å²) < 4.78 is 7.30. The second-order valence-electron chi connectivity index (χ2n) is 4.54. The smallest absolute Gasteiger partial charge is 0.0641 e. The van der Waals surface area contributed by atoms with Crippen LogP contribution >= 0.6 is 0 Å². The minimum Gasteiger partial charge on any atom is -0.381 e. The van der Waals surface area contributed by atoms with Crippen LogP contribution in [0, 0.1) is 13.8 Å². The molecule has 1 saturated heterocycles. The molecule has 0 aromatic carbocycles. The number of aromatic nitrogens is 2. The minimum absolute atomic E-state index is 0.604. The molecule has 0 atom stereocenters. The number of nitrogens with one attached hydrogen (secondary N) is 1. The van der Waals surface area contributed by atoms with Crippen molar-refractivity contribution in [3.63, 3.8) is 0 Å². The molecule has 2 heterocycles. The highest BCUT2D eigenvalue weighted by atomic mass is 16.5.